The van der Waals surface area contributed by atoms with Crippen molar-refractivity contribution in [3.63, 3.8) is 0 Å². The van der Waals surface area contributed by atoms with Gasteiger partial charge in [0, 0.05) is 27.7 Å². The van der Waals surface area contributed by atoms with Crippen LogP contribution in [-0.4, -0.2) is 28.8 Å². The SMILES string of the molecule is CC[C@@H](C)NC(=O)[C@@H](C)N(Cc1ccccc1Cl)C(=O)Cc1ccc(Cl)cc1Cl. The Labute approximate surface area is 187 Å². The summed E-state index contributed by atoms with van der Waals surface area (Å²) in [4.78, 5) is 27.4. The third-order valence-electron chi connectivity index (χ3n) is 4.82. The molecule has 0 bridgehead atoms. The lowest BCUT2D eigenvalue weighted by Crippen LogP contribution is -2.50. The van der Waals surface area contributed by atoms with Crippen LogP contribution in [0.5, 0.6) is 0 Å². The van der Waals surface area contributed by atoms with E-state index in [0.29, 0.717) is 20.6 Å². The van der Waals surface area contributed by atoms with E-state index in [4.69, 9.17) is 34.8 Å². The predicted molar refractivity (Wildman–Crippen MR) is 120 cm³/mol. The van der Waals surface area contributed by atoms with Crippen molar-refractivity contribution < 1.29 is 9.59 Å². The lowest BCUT2D eigenvalue weighted by Gasteiger charge is -2.30. The summed E-state index contributed by atoms with van der Waals surface area (Å²) in [5.74, 6) is -0.428. The van der Waals surface area contributed by atoms with Crippen LogP contribution in [0.15, 0.2) is 42.5 Å². The van der Waals surface area contributed by atoms with Crippen LogP contribution in [0.1, 0.15) is 38.3 Å². The van der Waals surface area contributed by atoms with Gasteiger partial charge in [-0.15, -0.1) is 0 Å². The average molecular weight is 456 g/mol. The molecule has 0 unspecified atom stereocenters. The smallest absolute Gasteiger partial charge is 0.242 e. The first kappa shape index (κ1) is 23.5. The molecule has 0 aliphatic carbocycles. The first-order valence-electron chi connectivity index (χ1n) is 9.50. The van der Waals surface area contributed by atoms with E-state index in [2.05, 4.69) is 5.32 Å². The highest BCUT2D eigenvalue weighted by Crippen LogP contribution is 2.24. The van der Waals surface area contributed by atoms with E-state index in [0.717, 1.165) is 12.0 Å². The van der Waals surface area contributed by atoms with Gasteiger partial charge in [-0.1, -0.05) is 66.0 Å². The van der Waals surface area contributed by atoms with E-state index in [1.54, 1.807) is 31.2 Å². The Kier molecular flexibility index (Phi) is 8.81. The zero-order valence-electron chi connectivity index (χ0n) is 16.7. The van der Waals surface area contributed by atoms with Gasteiger partial charge in [-0.3, -0.25) is 9.59 Å². The van der Waals surface area contributed by atoms with Gasteiger partial charge < -0.3 is 10.2 Å². The summed E-state index contributed by atoms with van der Waals surface area (Å²) < 4.78 is 0. The molecule has 0 saturated heterocycles. The van der Waals surface area contributed by atoms with Crippen LogP contribution in [0.2, 0.25) is 15.1 Å². The van der Waals surface area contributed by atoms with Crippen molar-refractivity contribution in [3.05, 3.63) is 68.7 Å². The molecule has 0 aliphatic rings. The van der Waals surface area contributed by atoms with Crippen molar-refractivity contribution in [2.75, 3.05) is 0 Å². The molecule has 7 heteroatoms. The lowest BCUT2D eigenvalue weighted by atomic mass is 10.1. The topological polar surface area (TPSA) is 49.4 Å². The summed E-state index contributed by atoms with van der Waals surface area (Å²) >= 11 is 18.5. The Hall–Kier alpha value is -1.75. The van der Waals surface area contributed by atoms with Crippen molar-refractivity contribution >= 4 is 46.6 Å². The molecular weight excluding hydrogens is 431 g/mol. The second kappa shape index (κ2) is 10.9. The van der Waals surface area contributed by atoms with E-state index in [-0.39, 0.29) is 30.8 Å². The fraction of sp³-hybridized carbons (Fsp3) is 0.364. The van der Waals surface area contributed by atoms with E-state index >= 15 is 0 Å². The quantitative estimate of drug-likeness (QED) is 0.569. The van der Waals surface area contributed by atoms with Gasteiger partial charge in [0.15, 0.2) is 0 Å². The summed E-state index contributed by atoms with van der Waals surface area (Å²) in [7, 11) is 0. The molecule has 2 aromatic carbocycles. The fourth-order valence-electron chi connectivity index (χ4n) is 2.79. The van der Waals surface area contributed by atoms with E-state index in [1.165, 1.54) is 4.90 Å². The molecule has 0 aromatic heterocycles. The van der Waals surface area contributed by atoms with Crippen molar-refractivity contribution in [1.29, 1.82) is 0 Å². The number of hydrogen-bond donors (Lipinski definition) is 1. The highest BCUT2D eigenvalue weighted by atomic mass is 35.5. The summed E-state index contributed by atoms with van der Waals surface area (Å²) in [6.45, 7) is 5.86. The molecule has 0 fully saturated rings. The van der Waals surface area contributed by atoms with Crippen LogP contribution >= 0.6 is 34.8 Å². The second-order valence-corrected chi connectivity index (χ2v) is 8.27. The Morgan fingerprint density at radius 1 is 1.00 bits per heavy atom. The molecule has 2 rings (SSSR count). The molecule has 0 saturated carbocycles. The van der Waals surface area contributed by atoms with Crippen LogP contribution in [0.25, 0.3) is 0 Å². The minimum Gasteiger partial charge on any atom is -0.352 e. The Morgan fingerprint density at radius 3 is 2.31 bits per heavy atom. The first-order chi connectivity index (χ1) is 13.7. The zero-order chi connectivity index (χ0) is 21.6. The maximum absolute atomic E-state index is 13.2. The fourth-order valence-corrected chi connectivity index (χ4v) is 3.46. The third-order valence-corrected chi connectivity index (χ3v) is 5.78. The summed E-state index contributed by atoms with van der Waals surface area (Å²) in [5, 5.41) is 4.40. The molecule has 2 amide bonds. The highest BCUT2D eigenvalue weighted by molar-refractivity contribution is 6.35. The number of nitrogens with one attached hydrogen (secondary N) is 1. The molecule has 2 atom stereocenters. The van der Waals surface area contributed by atoms with Crippen LogP contribution in [-0.2, 0) is 22.6 Å². The Bertz CT molecular complexity index is 873. The molecule has 0 radical (unpaired) electrons. The maximum Gasteiger partial charge on any atom is 0.242 e. The van der Waals surface area contributed by atoms with E-state index in [9.17, 15) is 9.59 Å². The first-order valence-corrected chi connectivity index (χ1v) is 10.6. The molecule has 2 aromatic rings. The number of nitrogens with zero attached hydrogens (tertiary/aromatic N) is 1. The van der Waals surface area contributed by atoms with E-state index < -0.39 is 6.04 Å². The Morgan fingerprint density at radius 2 is 1.69 bits per heavy atom. The normalized spacial score (nSPS) is 12.9. The van der Waals surface area contributed by atoms with Crippen molar-refractivity contribution in [2.24, 2.45) is 0 Å². The summed E-state index contributed by atoms with van der Waals surface area (Å²) in [6.07, 6.45) is 0.860. The highest BCUT2D eigenvalue weighted by Gasteiger charge is 2.27. The summed E-state index contributed by atoms with van der Waals surface area (Å²) in [6, 6.07) is 11.6. The van der Waals surface area contributed by atoms with Crippen LogP contribution < -0.4 is 5.32 Å². The van der Waals surface area contributed by atoms with Gasteiger partial charge in [0.25, 0.3) is 0 Å². The molecule has 0 heterocycles. The molecular formula is C22H25Cl3N2O2. The van der Waals surface area contributed by atoms with Gasteiger partial charge in [-0.05, 0) is 49.6 Å². The van der Waals surface area contributed by atoms with E-state index in [1.807, 2.05) is 32.0 Å². The molecule has 1 N–H and O–H groups in total. The minimum absolute atomic E-state index is 0.0212. The Balaban J connectivity index is 2.28. The second-order valence-electron chi connectivity index (χ2n) is 7.02. The molecule has 0 aliphatic heterocycles. The van der Waals surface area contributed by atoms with Crippen molar-refractivity contribution in [3.8, 4) is 0 Å². The number of amides is 2. The standard InChI is InChI=1S/C22H25Cl3N2O2/c1-4-14(2)26-22(29)15(3)27(13-17-7-5-6-8-19(17)24)21(28)11-16-9-10-18(23)12-20(16)25/h5-10,12,14-15H,4,11,13H2,1-3H3,(H,26,29)/t14-,15-/m1/s1. The minimum atomic E-state index is -0.668. The van der Waals surface area contributed by atoms with Crippen molar-refractivity contribution in [1.82, 2.24) is 10.2 Å². The van der Waals surface area contributed by atoms with Gasteiger partial charge in [-0.2, -0.15) is 0 Å². The molecule has 0 spiro atoms. The number of benzene rings is 2. The maximum atomic E-state index is 13.2. The number of halogens is 3. The van der Waals surface area contributed by atoms with Gasteiger partial charge in [0.1, 0.15) is 6.04 Å². The largest absolute Gasteiger partial charge is 0.352 e. The zero-order valence-corrected chi connectivity index (χ0v) is 19.0. The van der Waals surface area contributed by atoms with Gasteiger partial charge in [0.05, 0.1) is 6.42 Å². The number of rotatable bonds is 8. The predicted octanol–water partition coefficient (Wildman–Crippen LogP) is 5.52. The number of hydrogen-bond acceptors (Lipinski definition) is 2. The molecule has 29 heavy (non-hydrogen) atoms. The molecule has 156 valence electrons. The third kappa shape index (κ3) is 6.63. The number of carbonyl (C=O) groups excluding carboxylic acids is 2. The average Bonchev–Trinajstić information content (AvgIpc) is 2.68. The lowest BCUT2D eigenvalue weighted by molar-refractivity contribution is -0.140. The van der Waals surface area contributed by atoms with Gasteiger partial charge >= 0.3 is 0 Å². The number of carbonyl (C=O) groups is 2. The monoisotopic (exact) mass is 454 g/mol. The van der Waals surface area contributed by atoms with Gasteiger partial charge in [0.2, 0.25) is 11.8 Å². The van der Waals surface area contributed by atoms with Crippen molar-refractivity contribution in [2.45, 2.75) is 52.2 Å². The van der Waals surface area contributed by atoms with Crippen LogP contribution in [0, 0.1) is 0 Å². The molecule has 4 nitrogen and oxygen atoms in total. The summed E-state index contributed by atoms with van der Waals surface area (Å²) in [5.41, 5.74) is 1.42. The van der Waals surface area contributed by atoms with Crippen LogP contribution in [0.4, 0.5) is 0 Å². The van der Waals surface area contributed by atoms with Gasteiger partial charge in [-0.25, -0.2) is 0 Å². The van der Waals surface area contributed by atoms with Crippen LogP contribution in [0.3, 0.4) is 0 Å².